The lowest BCUT2D eigenvalue weighted by Gasteiger charge is -2.01. The molecule has 0 unspecified atom stereocenters. The van der Waals surface area contributed by atoms with Crippen molar-refractivity contribution in [2.24, 2.45) is 0 Å². The summed E-state index contributed by atoms with van der Waals surface area (Å²) in [7, 11) is -2.86. The van der Waals surface area contributed by atoms with Gasteiger partial charge in [0.15, 0.2) is 0 Å². The fraction of sp³-hybridized carbons (Fsp3) is 0.727. The second kappa shape index (κ2) is 6.76. The van der Waals surface area contributed by atoms with Crippen LogP contribution in [0.1, 0.15) is 25.3 Å². The van der Waals surface area contributed by atoms with Crippen LogP contribution in [0.2, 0.25) is 0 Å². The summed E-state index contributed by atoms with van der Waals surface area (Å²) in [5.74, 6) is 0.219. The number of nitrogens with one attached hydrogen (secondary N) is 1. The highest BCUT2D eigenvalue weighted by Gasteiger charge is 2.03. The van der Waals surface area contributed by atoms with Crippen molar-refractivity contribution < 1.29 is 8.42 Å². The van der Waals surface area contributed by atoms with Crippen molar-refractivity contribution >= 4 is 9.84 Å². The van der Waals surface area contributed by atoms with Crippen LogP contribution in [0.25, 0.3) is 0 Å². The van der Waals surface area contributed by atoms with Gasteiger partial charge in [-0.15, -0.1) is 0 Å². The monoisotopic (exact) mass is 259 g/mol. The maximum absolute atomic E-state index is 11.0. The topological polar surface area (TPSA) is 64.0 Å². The van der Waals surface area contributed by atoms with Crippen molar-refractivity contribution in [1.29, 1.82) is 0 Å². The summed E-state index contributed by atoms with van der Waals surface area (Å²) in [6.45, 7) is 4.60. The molecule has 0 aromatic carbocycles. The van der Waals surface area contributed by atoms with Crippen LogP contribution in [-0.2, 0) is 22.9 Å². The average Bonchev–Trinajstić information content (AvgIpc) is 2.64. The van der Waals surface area contributed by atoms with Gasteiger partial charge in [-0.05, 0) is 19.4 Å². The second-order valence-electron chi connectivity index (χ2n) is 4.27. The molecule has 1 rings (SSSR count). The van der Waals surface area contributed by atoms with Crippen LogP contribution < -0.4 is 5.32 Å². The van der Waals surface area contributed by atoms with Crippen LogP contribution in [0.15, 0.2) is 12.4 Å². The number of aromatic nitrogens is 2. The Morgan fingerprint density at radius 1 is 1.47 bits per heavy atom. The summed E-state index contributed by atoms with van der Waals surface area (Å²) in [5.41, 5.74) is 1.14. The van der Waals surface area contributed by atoms with Crippen LogP contribution in [0.5, 0.6) is 0 Å². The Balaban J connectivity index is 2.30. The summed E-state index contributed by atoms with van der Waals surface area (Å²) in [4.78, 5) is 0. The van der Waals surface area contributed by atoms with Gasteiger partial charge in [0.25, 0.3) is 0 Å². The average molecular weight is 259 g/mol. The van der Waals surface area contributed by atoms with E-state index >= 15 is 0 Å². The summed E-state index contributed by atoms with van der Waals surface area (Å²) >= 11 is 0. The Bertz CT molecular complexity index is 426. The lowest BCUT2D eigenvalue weighted by atomic mass is 10.3. The molecule has 0 aliphatic heterocycles. The van der Waals surface area contributed by atoms with Crippen LogP contribution in [-0.4, -0.2) is 36.8 Å². The van der Waals surface area contributed by atoms with E-state index in [9.17, 15) is 8.42 Å². The molecule has 5 nitrogen and oxygen atoms in total. The molecule has 0 saturated carbocycles. The van der Waals surface area contributed by atoms with Gasteiger partial charge in [0.1, 0.15) is 9.84 Å². The molecule has 0 aliphatic rings. The van der Waals surface area contributed by atoms with Gasteiger partial charge in [-0.25, -0.2) is 8.42 Å². The maximum atomic E-state index is 11.0. The molecule has 0 radical (unpaired) electrons. The van der Waals surface area contributed by atoms with Gasteiger partial charge >= 0.3 is 0 Å². The highest BCUT2D eigenvalue weighted by Crippen LogP contribution is 1.99. The molecule has 1 heterocycles. The molecule has 0 fully saturated rings. The van der Waals surface area contributed by atoms with E-state index in [1.165, 1.54) is 6.26 Å². The Labute approximate surface area is 103 Å². The molecule has 0 bridgehead atoms. The van der Waals surface area contributed by atoms with Gasteiger partial charge in [0.2, 0.25) is 0 Å². The third-order valence-corrected chi connectivity index (χ3v) is 3.38. The van der Waals surface area contributed by atoms with Crippen LogP contribution in [0, 0.1) is 0 Å². The van der Waals surface area contributed by atoms with E-state index in [1.54, 1.807) is 4.68 Å². The summed E-state index contributed by atoms with van der Waals surface area (Å²) in [5, 5.41) is 7.49. The van der Waals surface area contributed by atoms with Crippen molar-refractivity contribution in [2.75, 3.05) is 18.6 Å². The van der Waals surface area contributed by atoms with Gasteiger partial charge in [0.05, 0.1) is 11.9 Å². The first-order chi connectivity index (χ1) is 8.01. The number of hydrogen-bond acceptors (Lipinski definition) is 4. The first kappa shape index (κ1) is 14.2. The molecule has 1 aromatic rings. The van der Waals surface area contributed by atoms with Crippen molar-refractivity contribution in [3.63, 3.8) is 0 Å². The van der Waals surface area contributed by atoms with Gasteiger partial charge in [0, 0.05) is 31.1 Å². The Kier molecular flexibility index (Phi) is 5.64. The maximum Gasteiger partial charge on any atom is 0.147 e. The Morgan fingerprint density at radius 3 is 2.88 bits per heavy atom. The fourth-order valence-corrected chi connectivity index (χ4v) is 2.17. The third-order valence-electron chi connectivity index (χ3n) is 2.34. The quantitative estimate of drug-likeness (QED) is 0.702. The zero-order valence-electron chi connectivity index (χ0n) is 10.5. The van der Waals surface area contributed by atoms with E-state index in [-0.39, 0.29) is 5.75 Å². The molecule has 0 saturated heterocycles. The summed E-state index contributed by atoms with van der Waals surface area (Å²) in [6, 6.07) is 0. The largest absolute Gasteiger partial charge is 0.313 e. The van der Waals surface area contributed by atoms with Crippen LogP contribution >= 0.6 is 0 Å². The third kappa shape index (κ3) is 6.43. The number of nitrogens with zero attached hydrogens (tertiary/aromatic N) is 2. The number of rotatable bonds is 8. The molecule has 0 spiro atoms. The predicted molar refractivity (Wildman–Crippen MR) is 68.6 cm³/mol. The molecule has 0 aliphatic carbocycles. The van der Waals surface area contributed by atoms with E-state index in [0.29, 0.717) is 13.0 Å². The highest BCUT2D eigenvalue weighted by atomic mass is 32.2. The molecule has 0 atom stereocenters. The zero-order valence-corrected chi connectivity index (χ0v) is 11.3. The second-order valence-corrected chi connectivity index (χ2v) is 6.53. The molecular formula is C11H21N3O2S. The standard InChI is InChI=1S/C11H21N3O2S/c1-3-5-12-8-11-9-13-14(10-11)6-4-7-17(2,15)16/h9-10,12H,3-8H2,1-2H3. The summed E-state index contributed by atoms with van der Waals surface area (Å²) < 4.78 is 23.7. The normalized spacial score (nSPS) is 11.9. The van der Waals surface area contributed by atoms with Crippen molar-refractivity contribution in [2.45, 2.75) is 32.9 Å². The van der Waals surface area contributed by atoms with E-state index in [2.05, 4.69) is 17.3 Å². The minimum Gasteiger partial charge on any atom is -0.313 e. The van der Waals surface area contributed by atoms with Gasteiger partial charge < -0.3 is 5.32 Å². The number of hydrogen-bond donors (Lipinski definition) is 1. The van der Waals surface area contributed by atoms with E-state index in [1.807, 2.05) is 12.4 Å². The molecule has 1 aromatic heterocycles. The number of sulfone groups is 1. The SMILES string of the molecule is CCCNCc1cnn(CCCS(C)(=O)=O)c1. The van der Waals surface area contributed by atoms with E-state index in [4.69, 9.17) is 0 Å². The predicted octanol–water partition coefficient (Wildman–Crippen LogP) is 0.817. The molecule has 98 valence electrons. The van der Waals surface area contributed by atoms with Gasteiger partial charge in [-0.2, -0.15) is 5.10 Å². The minimum atomic E-state index is -2.86. The molecular weight excluding hydrogens is 238 g/mol. The Morgan fingerprint density at radius 2 is 2.24 bits per heavy atom. The smallest absolute Gasteiger partial charge is 0.147 e. The lowest BCUT2D eigenvalue weighted by Crippen LogP contribution is -2.13. The first-order valence-corrected chi connectivity index (χ1v) is 7.97. The van der Waals surface area contributed by atoms with Crippen molar-refractivity contribution in [3.8, 4) is 0 Å². The van der Waals surface area contributed by atoms with Crippen LogP contribution in [0.3, 0.4) is 0 Å². The Hall–Kier alpha value is -0.880. The first-order valence-electron chi connectivity index (χ1n) is 5.91. The van der Waals surface area contributed by atoms with Gasteiger partial charge in [-0.3, -0.25) is 4.68 Å². The number of aryl methyl sites for hydroxylation is 1. The van der Waals surface area contributed by atoms with Gasteiger partial charge in [-0.1, -0.05) is 6.92 Å². The van der Waals surface area contributed by atoms with Crippen molar-refractivity contribution in [1.82, 2.24) is 15.1 Å². The molecule has 0 amide bonds. The summed E-state index contributed by atoms with van der Waals surface area (Å²) in [6.07, 6.45) is 6.77. The molecule has 17 heavy (non-hydrogen) atoms. The van der Waals surface area contributed by atoms with Crippen molar-refractivity contribution in [3.05, 3.63) is 18.0 Å². The lowest BCUT2D eigenvalue weighted by molar-refractivity contribution is 0.576. The molecule has 1 N–H and O–H groups in total. The zero-order chi connectivity index (χ0) is 12.7. The fourth-order valence-electron chi connectivity index (χ4n) is 1.52. The molecule has 6 heteroatoms. The van der Waals surface area contributed by atoms with E-state index in [0.717, 1.165) is 25.1 Å². The highest BCUT2D eigenvalue weighted by molar-refractivity contribution is 7.90. The minimum absolute atomic E-state index is 0.219. The van der Waals surface area contributed by atoms with Crippen LogP contribution in [0.4, 0.5) is 0 Å². The van der Waals surface area contributed by atoms with E-state index < -0.39 is 9.84 Å².